The number of carbonyl (C=O) groups excluding carboxylic acids is 1. The molecule has 7 aromatic rings. The predicted octanol–water partition coefficient (Wildman–Crippen LogP) is 11.8. The number of halogens is 1. The quantitative estimate of drug-likeness (QED) is 0.0939. The minimum atomic E-state index is -0.286. The fourth-order valence-electron chi connectivity index (χ4n) is 6.54. The van der Waals surface area contributed by atoms with Gasteiger partial charge in [-0.15, -0.1) is 17.7 Å². The van der Waals surface area contributed by atoms with Crippen LogP contribution < -0.4 is 0 Å². The van der Waals surface area contributed by atoms with Crippen LogP contribution in [0.3, 0.4) is 0 Å². The maximum atomic E-state index is 14.5. The third-order valence-corrected chi connectivity index (χ3v) is 9.22. The van der Waals surface area contributed by atoms with Gasteiger partial charge in [-0.2, -0.15) is 0 Å². The van der Waals surface area contributed by atoms with Crippen LogP contribution >= 0.6 is 0 Å². The number of nitrogens with zero attached hydrogens (tertiary/aromatic N) is 1. The number of fused-ring (bicyclic) bond motifs is 8. The molecule has 249 valence electrons. The number of aliphatic hydroxyl groups is 1. The first-order valence-electron chi connectivity index (χ1n) is 16.5. The molecule has 1 N–H and O–H groups in total. The molecule has 0 bridgehead atoms. The van der Waals surface area contributed by atoms with Crippen molar-refractivity contribution in [3.8, 4) is 11.3 Å². The second-order valence-electron chi connectivity index (χ2n) is 12.1. The van der Waals surface area contributed by atoms with Crippen LogP contribution in [0, 0.1) is 30.6 Å². The van der Waals surface area contributed by atoms with Crippen LogP contribution in [-0.2, 0) is 24.9 Å². The van der Waals surface area contributed by atoms with E-state index in [1.54, 1.807) is 18.3 Å². The molecule has 0 aliphatic carbocycles. The number of para-hydroxylation sites is 1. The molecule has 7 heteroatoms. The van der Waals surface area contributed by atoms with Gasteiger partial charge in [-0.05, 0) is 61.0 Å². The Bertz CT molecular complexity index is 2270. The number of furan rings is 2. The van der Waals surface area contributed by atoms with E-state index in [-0.39, 0.29) is 49.3 Å². The molecular formula is C41H39FIrNO4-. The standard InChI is InChI=1S/C28H15FNO2.C13H24O2.Ir/c1-15-13-20-16-5-2-3-7-23(16)31-28(20)21(14-15)26-17-9-10-19-25-22(29)6-4-8-24(25)32-27(19)18(17)11-12-30-26;1-5-10(6-2)12(14)9-13(15)11(7-3)8-4;/h2-13H,1H3;9-11,14H,5-8H2,1-4H3;/q-1;;/b;12-9-;. The van der Waals surface area contributed by atoms with E-state index in [1.165, 1.54) is 12.1 Å². The van der Waals surface area contributed by atoms with Crippen molar-refractivity contribution in [2.45, 2.75) is 60.3 Å². The molecule has 0 atom stereocenters. The molecule has 0 aliphatic rings. The van der Waals surface area contributed by atoms with E-state index in [1.807, 2.05) is 71.0 Å². The van der Waals surface area contributed by atoms with E-state index in [0.29, 0.717) is 16.6 Å². The number of hydrogen-bond donors (Lipinski definition) is 1. The van der Waals surface area contributed by atoms with Crippen LogP contribution in [0.25, 0.3) is 65.9 Å². The molecule has 0 unspecified atom stereocenters. The molecule has 0 fully saturated rings. The Kier molecular flexibility index (Phi) is 10.8. The minimum Gasteiger partial charge on any atom is -0.512 e. The van der Waals surface area contributed by atoms with E-state index >= 15 is 0 Å². The predicted molar refractivity (Wildman–Crippen MR) is 189 cm³/mol. The molecule has 0 spiro atoms. The number of benzene rings is 4. The summed E-state index contributed by atoms with van der Waals surface area (Å²) in [6.07, 6.45) is 6.66. The van der Waals surface area contributed by atoms with Gasteiger partial charge in [0.2, 0.25) is 0 Å². The number of rotatable bonds is 8. The van der Waals surface area contributed by atoms with Gasteiger partial charge in [0.05, 0.1) is 16.7 Å². The molecule has 7 rings (SSSR count). The summed E-state index contributed by atoms with van der Waals surface area (Å²) in [6.45, 7) is 10.1. The van der Waals surface area contributed by atoms with Gasteiger partial charge in [0.25, 0.3) is 0 Å². The average molecular weight is 821 g/mol. The van der Waals surface area contributed by atoms with Crippen molar-refractivity contribution in [2.75, 3.05) is 0 Å². The molecule has 0 saturated carbocycles. The van der Waals surface area contributed by atoms with Crippen molar-refractivity contribution >= 4 is 60.4 Å². The van der Waals surface area contributed by atoms with Gasteiger partial charge >= 0.3 is 0 Å². The number of allylic oxidation sites excluding steroid dienone is 2. The summed E-state index contributed by atoms with van der Waals surface area (Å²) in [7, 11) is 0. The van der Waals surface area contributed by atoms with Crippen LogP contribution in [0.4, 0.5) is 4.39 Å². The molecule has 48 heavy (non-hydrogen) atoms. The maximum Gasteiger partial charge on any atom is 0.162 e. The number of hydrogen-bond acceptors (Lipinski definition) is 5. The van der Waals surface area contributed by atoms with Gasteiger partial charge < -0.3 is 18.9 Å². The molecular weight excluding hydrogens is 782 g/mol. The fraction of sp³-hybridized carbons (Fsp3) is 0.268. The number of ketones is 1. The SMILES string of the molecule is CCC(CC)C(=O)/C=C(\O)C(CC)CC.Cc1[c-]c(-c2nccc3c2ccc2c3oc3cccc(F)c32)c2oc3ccccc3c2c1.[Ir]. The van der Waals surface area contributed by atoms with Gasteiger partial charge in [-0.1, -0.05) is 82.0 Å². The second kappa shape index (κ2) is 14.8. The van der Waals surface area contributed by atoms with Crippen LogP contribution in [0.1, 0.15) is 58.9 Å². The van der Waals surface area contributed by atoms with E-state index in [4.69, 9.17) is 13.8 Å². The Labute approximate surface area is 293 Å². The smallest absolute Gasteiger partial charge is 0.162 e. The topological polar surface area (TPSA) is 76.5 Å². The van der Waals surface area contributed by atoms with Crippen molar-refractivity contribution in [1.29, 1.82) is 0 Å². The molecule has 5 nitrogen and oxygen atoms in total. The first-order chi connectivity index (χ1) is 22.8. The molecule has 0 saturated heterocycles. The largest absolute Gasteiger partial charge is 0.512 e. The van der Waals surface area contributed by atoms with Crippen molar-refractivity contribution in [3.63, 3.8) is 0 Å². The third kappa shape index (κ3) is 6.42. The van der Waals surface area contributed by atoms with E-state index in [9.17, 15) is 14.3 Å². The Hall–Kier alpha value is -4.32. The molecule has 0 amide bonds. The maximum absolute atomic E-state index is 14.5. The van der Waals surface area contributed by atoms with Gasteiger partial charge in [-0.25, -0.2) is 4.39 Å². The Morgan fingerprint density at radius 3 is 2.21 bits per heavy atom. The van der Waals surface area contributed by atoms with E-state index < -0.39 is 0 Å². The Morgan fingerprint density at radius 2 is 1.48 bits per heavy atom. The molecule has 3 heterocycles. The second-order valence-corrected chi connectivity index (χ2v) is 12.1. The average Bonchev–Trinajstić information content (AvgIpc) is 3.65. The summed E-state index contributed by atoms with van der Waals surface area (Å²) >= 11 is 0. The Balaban J connectivity index is 0.000000243. The fourth-order valence-corrected chi connectivity index (χ4v) is 6.54. The summed E-state index contributed by atoms with van der Waals surface area (Å²) in [6, 6.07) is 24.3. The van der Waals surface area contributed by atoms with Crippen LogP contribution in [0.5, 0.6) is 0 Å². The zero-order valence-electron chi connectivity index (χ0n) is 27.8. The first-order valence-corrected chi connectivity index (χ1v) is 16.5. The van der Waals surface area contributed by atoms with Crippen molar-refractivity contribution in [1.82, 2.24) is 4.98 Å². The molecule has 1 radical (unpaired) electrons. The van der Waals surface area contributed by atoms with Crippen molar-refractivity contribution in [2.24, 2.45) is 11.8 Å². The normalized spacial score (nSPS) is 12.0. The van der Waals surface area contributed by atoms with E-state index in [2.05, 4.69) is 18.2 Å². The zero-order chi connectivity index (χ0) is 33.2. The number of aryl methyl sites for hydroxylation is 1. The number of pyridine rings is 1. The van der Waals surface area contributed by atoms with Gasteiger partial charge in [0.1, 0.15) is 22.6 Å². The number of carbonyl (C=O) groups is 1. The monoisotopic (exact) mass is 821 g/mol. The van der Waals surface area contributed by atoms with Crippen LogP contribution in [-0.4, -0.2) is 15.9 Å². The van der Waals surface area contributed by atoms with Crippen molar-refractivity contribution < 1.29 is 43.2 Å². The summed E-state index contributed by atoms with van der Waals surface area (Å²) in [5.41, 5.74) is 5.35. The summed E-state index contributed by atoms with van der Waals surface area (Å²) in [5, 5.41) is 14.9. The molecule has 3 aromatic heterocycles. The van der Waals surface area contributed by atoms with Gasteiger partial charge in [0, 0.05) is 60.4 Å². The summed E-state index contributed by atoms with van der Waals surface area (Å²) < 4.78 is 26.9. The van der Waals surface area contributed by atoms with Crippen LogP contribution in [0.2, 0.25) is 0 Å². The Morgan fingerprint density at radius 1 is 0.812 bits per heavy atom. The van der Waals surface area contributed by atoms with Crippen LogP contribution in [0.15, 0.2) is 93.6 Å². The number of aromatic nitrogens is 1. The van der Waals surface area contributed by atoms with E-state index in [0.717, 1.165) is 80.6 Å². The summed E-state index contributed by atoms with van der Waals surface area (Å²) in [5.74, 6) is 0.261. The summed E-state index contributed by atoms with van der Waals surface area (Å²) in [4.78, 5) is 16.4. The van der Waals surface area contributed by atoms with Gasteiger partial charge in [-0.3, -0.25) is 4.79 Å². The van der Waals surface area contributed by atoms with Crippen molar-refractivity contribution in [3.05, 3.63) is 102 Å². The number of aliphatic hydroxyl groups excluding tert-OH is 1. The molecule has 4 aromatic carbocycles. The van der Waals surface area contributed by atoms with Gasteiger partial charge in [0.15, 0.2) is 5.78 Å². The third-order valence-electron chi connectivity index (χ3n) is 9.22. The first kappa shape index (κ1) is 35.0. The zero-order valence-corrected chi connectivity index (χ0v) is 30.2. The molecule has 0 aliphatic heterocycles. The minimum absolute atomic E-state index is 0.